The third-order valence-corrected chi connectivity index (χ3v) is 1.64. The molecule has 0 nitrogen and oxygen atoms in total. The lowest BCUT2D eigenvalue weighted by Crippen LogP contribution is -1.80. The fourth-order valence-corrected chi connectivity index (χ4v) is 0.877. The fourth-order valence-electron chi connectivity index (χ4n) is 0.877. The molecular weight excluding hydrogens is 144 g/mol. The Bertz CT molecular complexity index is 257. The van der Waals surface area contributed by atoms with Crippen LogP contribution in [-0.2, 0) is 0 Å². The summed E-state index contributed by atoms with van der Waals surface area (Å²) in [7, 11) is 0. The lowest BCUT2D eigenvalue weighted by atomic mass is 10.1. The second-order valence-electron chi connectivity index (χ2n) is 2.67. The van der Waals surface area contributed by atoms with Crippen molar-refractivity contribution in [2.75, 3.05) is 0 Å². The van der Waals surface area contributed by atoms with E-state index >= 15 is 0 Å². The molecule has 0 amide bonds. The van der Waals surface area contributed by atoms with Crippen LogP contribution in [0.15, 0.2) is 49.1 Å². The molecule has 1 aromatic rings. The minimum atomic E-state index is 0.199. The van der Waals surface area contributed by atoms with Crippen LogP contribution in [0.25, 0.3) is 6.08 Å². The van der Waals surface area contributed by atoms with Crippen molar-refractivity contribution in [3.8, 4) is 0 Å². The Morgan fingerprint density at radius 2 is 1.83 bits per heavy atom. The predicted molar refractivity (Wildman–Crippen MR) is 54.5 cm³/mol. The summed E-state index contributed by atoms with van der Waals surface area (Å²) in [5.74, 6) is 0.199. The Kier molecular flexibility index (Phi) is 3.34. The van der Waals surface area contributed by atoms with Gasteiger partial charge in [0.1, 0.15) is 0 Å². The number of allylic oxidation sites excluding steroid dienone is 2. The zero-order valence-corrected chi connectivity index (χ0v) is 7.11. The summed E-state index contributed by atoms with van der Waals surface area (Å²) in [6.45, 7) is 7.53. The smallest absolute Gasteiger partial charge is 0.00525 e. The van der Waals surface area contributed by atoms with Crippen LogP contribution in [0.5, 0.6) is 0 Å². The van der Waals surface area contributed by atoms with Crippen molar-refractivity contribution in [2.45, 2.75) is 0 Å². The average Bonchev–Trinajstić information content (AvgIpc) is 2.16. The van der Waals surface area contributed by atoms with Gasteiger partial charge in [0.15, 0.2) is 0 Å². The van der Waals surface area contributed by atoms with Gasteiger partial charge < -0.3 is 0 Å². The molecule has 0 aliphatic carbocycles. The van der Waals surface area contributed by atoms with Crippen molar-refractivity contribution >= 4 is 6.08 Å². The van der Waals surface area contributed by atoms with Gasteiger partial charge in [-0.05, 0) is 18.4 Å². The van der Waals surface area contributed by atoms with Gasteiger partial charge in [0.2, 0.25) is 0 Å². The second-order valence-corrected chi connectivity index (χ2v) is 2.67. The Morgan fingerprint density at radius 1 is 1.17 bits per heavy atom. The van der Waals surface area contributed by atoms with E-state index in [2.05, 4.69) is 31.7 Å². The summed E-state index contributed by atoms with van der Waals surface area (Å²) in [4.78, 5) is 0. The van der Waals surface area contributed by atoms with Gasteiger partial charge >= 0.3 is 0 Å². The molecule has 0 heterocycles. The maximum atomic E-state index is 3.87. The maximum absolute atomic E-state index is 3.87. The monoisotopic (exact) mass is 157 g/mol. The molecular formula is C12H13. The molecule has 1 aromatic carbocycles. The molecule has 0 aliphatic rings. The Labute approximate surface area is 74.2 Å². The summed E-state index contributed by atoms with van der Waals surface area (Å²) >= 11 is 0. The van der Waals surface area contributed by atoms with Gasteiger partial charge in [0, 0.05) is 0 Å². The van der Waals surface area contributed by atoms with Crippen molar-refractivity contribution in [3.05, 3.63) is 61.5 Å². The molecule has 0 N–H and O–H groups in total. The van der Waals surface area contributed by atoms with Gasteiger partial charge in [-0.15, -0.1) is 6.58 Å². The first-order chi connectivity index (χ1) is 5.83. The maximum Gasteiger partial charge on any atom is -0.00525 e. The molecule has 0 fully saturated rings. The summed E-state index contributed by atoms with van der Waals surface area (Å²) < 4.78 is 0. The van der Waals surface area contributed by atoms with Gasteiger partial charge in [-0.3, -0.25) is 0 Å². The van der Waals surface area contributed by atoms with Gasteiger partial charge in [-0.2, -0.15) is 0 Å². The SMILES string of the molecule is [CH2]C(C=C)C=Cc1ccccc1. The Hall–Kier alpha value is -1.30. The summed E-state index contributed by atoms with van der Waals surface area (Å²) in [6.07, 6.45) is 5.90. The first-order valence-electron chi connectivity index (χ1n) is 4.02. The average molecular weight is 157 g/mol. The topological polar surface area (TPSA) is 0 Å². The normalized spacial score (nSPS) is 13.1. The first-order valence-corrected chi connectivity index (χ1v) is 4.02. The first kappa shape index (κ1) is 8.79. The summed E-state index contributed by atoms with van der Waals surface area (Å²) in [6, 6.07) is 10.2. The van der Waals surface area contributed by atoms with E-state index in [1.807, 2.05) is 30.4 Å². The van der Waals surface area contributed by atoms with Crippen molar-refractivity contribution in [3.63, 3.8) is 0 Å². The number of rotatable bonds is 3. The summed E-state index contributed by atoms with van der Waals surface area (Å²) in [5.41, 5.74) is 1.20. The minimum absolute atomic E-state index is 0.199. The van der Waals surface area contributed by atoms with Crippen LogP contribution in [0.1, 0.15) is 5.56 Å². The molecule has 1 unspecified atom stereocenters. The molecule has 1 radical (unpaired) electrons. The molecule has 0 aromatic heterocycles. The van der Waals surface area contributed by atoms with E-state index in [9.17, 15) is 0 Å². The number of benzene rings is 1. The predicted octanol–water partition coefficient (Wildman–Crippen LogP) is 3.34. The molecule has 1 rings (SSSR count). The molecule has 0 saturated heterocycles. The quantitative estimate of drug-likeness (QED) is 0.590. The van der Waals surface area contributed by atoms with Crippen LogP contribution in [0.4, 0.5) is 0 Å². The molecule has 0 heteroatoms. The molecule has 61 valence electrons. The summed E-state index contributed by atoms with van der Waals surface area (Å²) in [5, 5.41) is 0. The molecule has 0 bridgehead atoms. The van der Waals surface area contributed by atoms with E-state index < -0.39 is 0 Å². The van der Waals surface area contributed by atoms with E-state index in [4.69, 9.17) is 0 Å². The third kappa shape index (κ3) is 2.75. The van der Waals surface area contributed by atoms with E-state index in [0.29, 0.717) is 0 Å². The van der Waals surface area contributed by atoms with E-state index in [1.54, 1.807) is 0 Å². The van der Waals surface area contributed by atoms with Crippen LogP contribution < -0.4 is 0 Å². The number of hydrogen-bond acceptors (Lipinski definition) is 0. The van der Waals surface area contributed by atoms with Crippen LogP contribution >= 0.6 is 0 Å². The standard InChI is InChI=1S/C12H13/c1-3-11(2)9-10-12-7-5-4-6-8-12/h3-11H,1-2H2. The second kappa shape index (κ2) is 4.55. The molecule has 12 heavy (non-hydrogen) atoms. The van der Waals surface area contributed by atoms with E-state index in [0.717, 1.165) is 0 Å². The molecule has 0 aliphatic heterocycles. The van der Waals surface area contributed by atoms with Gasteiger partial charge in [-0.25, -0.2) is 0 Å². The highest BCUT2D eigenvalue weighted by atomic mass is 13.9. The lowest BCUT2D eigenvalue weighted by molar-refractivity contribution is 1.08. The zero-order valence-electron chi connectivity index (χ0n) is 7.11. The Balaban J connectivity index is 2.63. The van der Waals surface area contributed by atoms with Crippen LogP contribution in [0.2, 0.25) is 0 Å². The largest absolute Gasteiger partial charge is 0.102 e. The minimum Gasteiger partial charge on any atom is -0.102 e. The zero-order chi connectivity index (χ0) is 8.81. The molecule has 0 saturated carbocycles. The van der Waals surface area contributed by atoms with Crippen molar-refractivity contribution in [1.29, 1.82) is 0 Å². The third-order valence-electron chi connectivity index (χ3n) is 1.64. The van der Waals surface area contributed by atoms with Crippen molar-refractivity contribution < 1.29 is 0 Å². The highest BCUT2D eigenvalue weighted by Gasteiger charge is 1.87. The van der Waals surface area contributed by atoms with E-state index in [1.165, 1.54) is 5.56 Å². The highest BCUT2D eigenvalue weighted by Crippen LogP contribution is 2.04. The van der Waals surface area contributed by atoms with Gasteiger partial charge in [0.05, 0.1) is 0 Å². The van der Waals surface area contributed by atoms with Crippen molar-refractivity contribution in [2.24, 2.45) is 5.92 Å². The van der Waals surface area contributed by atoms with Crippen LogP contribution in [-0.4, -0.2) is 0 Å². The molecule has 1 atom stereocenters. The van der Waals surface area contributed by atoms with E-state index in [-0.39, 0.29) is 5.92 Å². The fraction of sp³-hybridized carbons (Fsp3) is 0.0833. The number of hydrogen-bond donors (Lipinski definition) is 0. The Morgan fingerprint density at radius 3 is 2.42 bits per heavy atom. The van der Waals surface area contributed by atoms with Gasteiger partial charge in [-0.1, -0.05) is 48.6 Å². The van der Waals surface area contributed by atoms with Crippen molar-refractivity contribution in [1.82, 2.24) is 0 Å². The highest BCUT2D eigenvalue weighted by molar-refractivity contribution is 5.49. The van der Waals surface area contributed by atoms with Gasteiger partial charge in [0.25, 0.3) is 0 Å². The lowest BCUT2D eigenvalue weighted by Gasteiger charge is -1.95. The molecule has 0 spiro atoms. The van der Waals surface area contributed by atoms with Crippen LogP contribution in [0.3, 0.4) is 0 Å². The van der Waals surface area contributed by atoms with Crippen LogP contribution in [0, 0.1) is 12.8 Å².